The molecule has 122 valence electrons. The van der Waals surface area contributed by atoms with Crippen molar-refractivity contribution >= 4 is 44.8 Å². The highest BCUT2D eigenvalue weighted by molar-refractivity contribution is 6.08. The van der Waals surface area contributed by atoms with Gasteiger partial charge in [0.2, 0.25) is 0 Å². The summed E-state index contributed by atoms with van der Waals surface area (Å²) in [6, 6.07) is 20.4. The summed E-state index contributed by atoms with van der Waals surface area (Å²) in [5, 5.41) is 14.5. The zero-order valence-corrected chi connectivity index (χ0v) is 13.2. The summed E-state index contributed by atoms with van der Waals surface area (Å²) in [5.74, 6) is -1.01. The lowest BCUT2D eigenvalue weighted by Gasteiger charge is -2.14. The number of nitrogens with two attached hydrogens (primary N) is 1. The molecular formula is C20H15N3O2. The number of aromatic nitrogens is 1. The summed E-state index contributed by atoms with van der Waals surface area (Å²) in [4.78, 5) is 16.0. The van der Waals surface area contributed by atoms with E-state index in [0.717, 1.165) is 27.5 Å². The van der Waals surface area contributed by atoms with E-state index in [9.17, 15) is 9.90 Å². The van der Waals surface area contributed by atoms with Gasteiger partial charge in [-0.3, -0.25) is 0 Å². The molecule has 0 saturated carbocycles. The lowest BCUT2D eigenvalue weighted by atomic mass is 10.1. The lowest BCUT2D eigenvalue weighted by molar-refractivity contribution is 0.0697. The van der Waals surface area contributed by atoms with Gasteiger partial charge in [-0.05, 0) is 30.3 Å². The van der Waals surface area contributed by atoms with Crippen LogP contribution >= 0.6 is 0 Å². The number of nitrogens with one attached hydrogen (secondary N) is 1. The normalized spacial score (nSPS) is 10.9. The Balaban J connectivity index is 1.95. The largest absolute Gasteiger partial charge is 0.478 e. The third kappa shape index (κ3) is 2.72. The topological polar surface area (TPSA) is 88.2 Å². The number of carboxylic acid groups (broad SMARTS) is 1. The van der Waals surface area contributed by atoms with E-state index in [0.29, 0.717) is 11.4 Å². The van der Waals surface area contributed by atoms with E-state index in [1.807, 2.05) is 48.5 Å². The van der Waals surface area contributed by atoms with E-state index in [4.69, 9.17) is 5.73 Å². The second kappa shape index (κ2) is 5.79. The van der Waals surface area contributed by atoms with Crippen LogP contribution < -0.4 is 11.1 Å². The van der Waals surface area contributed by atoms with Gasteiger partial charge in [-0.15, -0.1) is 0 Å². The molecule has 0 amide bonds. The van der Waals surface area contributed by atoms with E-state index < -0.39 is 5.97 Å². The van der Waals surface area contributed by atoms with Gasteiger partial charge in [-0.25, -0.2) is 9.78 Å². The molecule has 5 nitrogen and oxygen atoms in total. The van der Waals surface area contributed by atoms with Crippen molar-refractivity contribution < 1.29 is 9.90 Å². The van der Waals surface area contributed by atoms with Gasteiger partial charge in [0, 0.05) is 22.1 Å². The highest BCUT2D eigenvalue weighted by Crippen LogP contribution is 2.33. The Labute approximate surface area is 143 Å². The maximum atomic E-state index is 11.3. The van der Waals surface area contributed by atoms with E-state index >= 15 is 0 Å². The first kappa shape index (κ1) is 15.0. The Bertz CT molecular complexity index is 1070. The number of pyridine rings is 1. The number of hydrogen-bond donors (Lipinski definition) is 3. The van der Waals surface area contributed by atoms with Gasteiger partial charge in [0.1, 0.15) is 0 Å². The molecule has 4 rings (SSSR count). The molecule has 0 fully saturated rings. The number of carbonyl (C=O) groups is 1. The summed E-state index contributed by atoms with van der Waals surface area (Å²) in [7, 11) is 0. The highest BCUT2D eigenvalue weighted by atomic mass is 16.4. The van der Waals surface area contributed by atoms with Gasteiger partial charge in [-0.1, -0.05) is 36.4 Å². The number of aromatic carboxylic acids is 1. The molecule has 0 spiro atoms. The Morgan fingerprint density at radius 1 is 0.920 bits per heavy atom. The predicted octanol–water partition coefficient (Wildman–Crippen LogP) is 4.41. The van der Waals surface area contributed by atoms with E-state index in [2.05, 4.69) is 10.3 Å². The maximum absolute atomic E-state index is 11.3. The van der Waals surface area contributed by atoms with Crippen LogP contribution in [0.15, 0.2) is 66.7 Å². The van der Waals surface area contributed by atoms with Crippen molar-refractivity contribution in [3.63, 3.8) is 0 Å². The SMILES string of the molecule is Nc1cc(Nc2c3ccccc3nc3ccccc23)cc(C(=O)O)c1. The Hall–Kier alpha value is -3.60. The first-order chi connectivity index (χ1) is 12.1. The molecule has 3 aromatic carbocycles. The summed E-state index contributed by atoms with van der Waals surface area (Å²) >= 11 is 0. The van der Waals surface area contributed by atoms with Crippen molar-refractivity contribution in [2.45, 2.75) is 0 Å². The fourth-order valence-electron chi connectivity index (χ4n) is 2.97. The van der Waals surface area contributed by atoms with Crippen LogP contribution in [0.4, 0.5) is 17.1 Å². The fraction of sp³-hybridized carbons (Fsp3) is 0. The van der Waals surface area contributed by atoms with Crippen LogP contribution in [0.1, 0.15) is 10.4 Å². The van der Waals surface area contributed by atoms with Crippen molar-refractivity contribution in [3.8, 4) is 0 Å². The summed E-state index contributed by atoms with van der Waals surface area (Å²) in [6.07, 6.45) is 0. The van der Waals surface area contributed by atoms with Crippen molar-refractivity contribution in [2.75, 3.05) is 11.1 Å². The Kier molecular flexibility index (Phi) is 3.47. The number of anilines is 3. The molecule has 1 aromatic heterocycles. The molecular weight excluding hydrogens is 314 g/mol. The van der Waals surface area contributed by atoms with E-state index in [-0.39, 0.29) is 5.56 Å². The van der Waals surface area contributed by atoms with E-state index in [1.54, 1.807) is 12.1 Å². The summed E-state index contributed by atoms with van der Waals surface area (Å²) < 4.78 is 0. The number of para-hydroxylation sites is 2. The van der Waals surface area contributed by atoms with Crippen LogP contribution in [-0.2, 0) is 0 Å². The smallest absolute Gasteiger partial charge is 0.335 e. The minimum atomic E-state index is -1.01. The van der Waals surface area contributed by atoms with Gasteiger partial charge in [-0.2, -0.15) is 0 Å². The first-order valence-electron chi connectivity index (χ1n) is 7.80. The van der Waals surface area contributed by atoms with E-state index in [1.165, 1.54) is 6.07 Å². The first-order valence-corrected chi connectivity index (χ1v) is 7.80. The van der Waals surface area contributed by atoms with Crippen LogP contribution in [0.2, 0.25) is 0 Å². The quantitative estimate of drug-likeness (QED) is 0.383. The molecule has 0 aliphatic heterocycles. The van der Waals surface area contributed by atoms with Crippen LogP contribution in [0.25, 0.3) is 21.8 Å². The molecule has 5 heteroatoms. The third-order valence-corrected chi connectivity index (χ3v) is 4.06. The van der Waals surface area contributed by atoms with Crippen LogP contribution in [0.3, 0.4) is 0 Å². The van der Waals surface area contributed by atoms with Gasteiger partial charge < -0.3 is 16.2 Å². The van der Waals surface area contributed by atoms with Gasteiger partial charge in [0.15, 0.2) is 0 Å². The van der Waals surface area contributed by atoms with Gasteiger partial charge in [0.25, 0.3) is 0 Å². The standard InChI is InChI=1S/C20H15N3O2/c21-13-9-12(20(24)25)10-14(11-13)22-19-15-5-1-3-7-17(15)23-18-8-4-2-6-16(18)19/h1-11H,21H2,(H,22,23)(H,24,25). The number of hydrogen-bond acceptors (Lipinski definition) is 4. The molecule has 4 aromatic rings. The minimum Gasteiger partial charge on any atom is -0.478 e. The minimum absolute atomic E-state index is 0.144. The molecule has 0 atom stereocenters. The molecule has 1 heterocycles. The van der Waals surface area contributed by atoms with Gasteiger partial charge in [0.05, 0.1) is 22.3 Å². The zero-order chi connectivity index (χ0) is 17.4. The number of rotatable bonds is 3. The molecule has 0 aliphatic rings. The zero-order valence-electron chi connectivity index (χ0n) is 13.2. The molecule has 0 saturated heterocycles. The Morgan fingerprint density at radius 2 is 1.52 bits per heavy atom. The molecule has 0 unspecified atom stereocenters. The number of nitrogens with zero attached hydrogens (tertiary/aromatic N) is 1. The fourth-order valence-corrected chi connectivity index (χ4v) is 2.97. The van der Waals surface area contributed by atoms with Crippen molar-refractivity contribution in [2.24, 2.45) is 0 Å². The van der Waals surface area contributed by atoms with Crippen molar-refractivity contribution in [1.29, 1.82) is 0 Å². The molecule has 4 N–H and O–H groups in total. The van der Waals surface area contributed by atoms with Gasteiger partial charge >= 0.3 is 5.97 Å². The molecule has 0 radical (unpaired) electrons. The van der Waals surface area contributed by atoms with Crippen LogP contribution in [0, 0.1) is 0 Å². The third-order valence-electron chi connectivity index (χ3n) is 4.06. The lowest BCUT2D eigenvalue weighted by Crippen LogP contribution is -2.01. The molecule has 0 aliphatic carbocycles. The van der Waals surface area contributed by atoms with Crippen LogP contribution in [0.5, 0.6) is 0 Å². The maximum Gasteiger partial charge on any atom is 0.335 e. The van der Waals surface area contributed by atoms with Crippen molar-refractivity contribution in [1.82, 2.24) is 4.98 Å². The molecule has 25 heavy (non-hydrogen) atoms. The number of nitrogen functional groups attached to an aromatic ring is 1. The highest BCUT2D eigenvalue weighted by Gasteiger charge is 2.11. The number of carboxylic acids is 1. The number of fused-ring (bicyclic) bond motifs is 2. The summed E-state index contributed by atoms with van der Waals surface area (Å²) in [6.45, 7) is 0. The summed E-state index contributed by atoms with van der Waals surface area (Å²) in [5.41, 5.74) is 9.63. The average molecular weight is 329 g/mol. The second-order valence-corrected chi connectivity index (χ2v) is 5.79. The average Bonchev–Trinajstić information content (AvgIpc) is 2.61. The predicted molar refractivity (Wildman–Crippen MR) is 100 cm³/mol. The van der Waals surface area contributed by atoms with Crippen molar-refractivity contribution in [3.05, 3.63) is 72.3 Å². The monoisotopic (exact) mass is 329 g/mol. The Morgan fingerprint density at radius 3 is 2.12 bits per heavy atom. The molecule has 0 bridgehead atoms. The second-order valence-electron chi connectivity index (χ2n) is 5.79. The number of benzene rings is 3. The van der Waals surface area contributed by atoms with Crippen LogP contribution in [-0.4, -0.2) is 16.1 Å².